The normalized spacial score (nSPS) is 25.1. The Hall–Kier alpha value is -0.680. The smallest absolute Gasteiger partial charge is 0.246 e. The molecule has 1 fully saturated rings. The molecule has 1 aliphatic rings. The first-order valence-corrected chi connectivity index (χ1v) is 5.72. The first kappa shape index (κ1) is 12.4. The number of nitrogens with one attached hydrogen (secondary N) is 1. The number of carbonyl (C=O) groups excluding carboxylic acids is 1. The largest absolute Gasteiger partial charge is 0.393 e. The third kappa shape index (κ3) is 3.76. The van der Waals surface area contributed by atoms with E-state index in [2.05, 4.69) is 5.32 Å². The number of ether oxygens (including phenoxy) is 1. The minimum atomic E-state index is -0.0787. The molecule has 0 bridgehead atoms. The Balaban J connectivity index is 2.36. The molecule has 2 unspecified atom stereocenters. The maximum atomic E-state index is 11.4. The molecule has 0 aromatic carbocycles. The summed E-state index contributed by atoms with van der Waals surface area (Å²) in [4.78, 5) is 11.9. The second-order valence-electron chi connectivity index (χ2n) is 3.75. The van der Waals surface area contributed by atoms with Crippen LogP contribution in [0.3, 0.4) is 0 Å². The minimum absolute atomic E-state index is 0.0787. The molecule has 1 aliphatic carbocycles. The van der Waals surface area contributed by atoms with E-state index >= 15 is 0 Å². The SMILES string of the molecule is CCOCC(=O)NC1CCCC1C(N)=S. The molecular weight excluding hydrogens is 212 g/mol. The molecule has 0 radical (unpaired) electrons. The summed E-state index contributed by atoms with van der Waals surface area (Å²) in [5.41, 5.74) is 5.61. The van der Waals surface area contributed by atoms with Gasteiger partial charge in [0.2, 0.25) is 5.91 Å². The van der Waals surface area contributed by atoms with E-state index in [1.807, 2.05) is 6.92 Å². The van der Waals surface area contributed by atoms with Crippen LogP contribution in [0.1, 0.15) is 26.2 Å². The van der Waals surface area contributed by atoms with Crippen LogP contribution in [0.25, 0.3) is 0 Å². The molecule has 0 saturated heterocycles. The molecule has 1 rings (SSSR count). The summed E-state index contributed by atoms with van der Waals surface area (Å²) in [5, 5.41) is 2.91. The van der Waals surface area contributed by atoms with E-state index in [9.17, 15) is 4.79 Å². The molecule has 0 aromatic rings. The van der Waals surface area contributed by atoms with E-state index in [1.54, 1.807) is 0 Å². The number of carbonyl (C=O) groups is 1. The highest BCUT2D eigenvalue weighted by molar-refractivity contribution is 7.80. The van der Waals surface area contributed by atoms with Gasteiger partial charge in [-0.3, -0.25) is 4.79 Å². The van der Waals surface area contributed by atoms with Crippen molar-refractivity contribution in [3.63, 3.8) is 0 Å². The molecule has 0 heterocycles. The molecule has 1 saturated carbocycles. The minimum Gasteiger partial charge on any atom is -0.393 e. The molecule has 1 amide bonds. The quantitative estimate of drug-likeness (QED) is 0.679. The highest BCUT2D eigenvalue weighted by Gasteiger charge is 2.30. The summed E-state index contributed by atoms with van der Waals surface area (Å²) >= 11 is 4.97. The average molecular weight is 230 g/mol. The van der Waals surface area contributed by atoms with Crippen LogP contribution >= 0.6 is 12.2 Å². The van der Waals surface area contributed by atoms with Gasteiger partial charge >= 0.3 is 0 Å². The van der Waals surface area contributed by atoms with Crippen molar-refractivity contribution >= 4 is 23.1 Å². The molecule has 3 N–H and O–H groups in total. The van der Waals surface area contributed by atoms with Crippen LogP contribution in [0.4, 0.5) is 0 Å². The molecule has 2 atom stereocenters. The summed E-state index contributed by atoms with van der Waals surface area (Å²) in [6, 6.07) is 0.107. The fourth-order valence-electron chi connectivity index (χ4n) is 1.92. The molecular formula is C10H18N2O2S. The van der Waals surface area contributed by atoms with E-state index in [0.717, 1.165) is 19.3 Å². The van der Waals surface area contributed by atoms with Crippen molar-refractivity contribution in [2.75, 3.05) is 13.2 Å². The lowest BCUT2D eigenvalue weighted by Gasteiger charge is -2.19. The van der Waals surface area contributed by atoms with Crippen molar-refractivity contribution in [3.05, 3.63) is 0 Å². The molecule has 5 heteroatoms. The van der Waals surface area contributed by atoms with Gasteiger partial charge in [0.25, 0.3) is 0 Å². The van der Waals surface area contributed by atoms with Gasteiger partial charge in [-0.15, -0.1) is 0 Å². The van der Waals surface area contributed by atoms with E-state index in [1.165, 1.54) is 0 Å². The number of amides is 1. The number of rotatable bonds is 5. The Labute approximate surface area is 95.5 Å². The average Bonchev–Trinajstić information content (AvgIpc) is 2.62. The van der Waals surface area contributed by atoms with E-state index in [4.69, 9.17) is 22.7 Å². The zero-order valence-corrected chi connectivity index (χ0v) is 9.81. The fraction of sp³-hybridized carbons (Fsp3) is 0.800. The van der Waals surface area contributed by atoms with Crippen LogP contribution in [-0.2, 0) is 9.53 Å². The Morgan fingerprint density at radius 2 is 2.33 bits per heavy atom. The van der Waals surface area contributed by atoms with Crippen molar-refractivity contribution in [3.8, 4) is 0 Å². The highest BCUT2D eigenvalue weighted by atomic mass is 32.1. The number of thiocarbonyl (C=S) groups is 1. The van der Waals surface area contributed by atoms with Gasteiger partial charge in [-0.1, -0.05) is 18.6 Å². The van der Waals surface area contributed by atoms with Crippen LogP contribution in [0.15, 0.2) is 0 Å². The third-order valence-electron chi connectivity index (χ3n) is 2.67. The predicted octanol–water partition coefficient (Wildman–Crippen LogP) is 0.594. The van der Waals surface area contributed by atoms with Crippen molar-refractivity contribution in [2.24, 2.45) is 11.7 Å². The summed E-state index contributed by atoms with van der Waals surface area (Å²) in [5.74, 6) is 0.0792. The molecule has 0 aliphatic heterocycles. The number of hydrogen-bond donors (Lipinski definition) is 2. The maximum Gasteiger partial charge on any atom is 0.246 e. The molecule has 15 heavy (non-hydrogen) atoms. The van der Waals surface area contributed by atoms with Crippen LogP contribution in [0, 0.1) is 5.92 Å². The van der Waals surface area contributed by atoms with Crippen LogP contribution in [0.2, 0.25) is 0 Å². The Bertz CT molecular complexity index is 246. The molecule has 4 nitrogen and oxygen atoms in total. The number of hydrogen-bond acceptors (Lipinski definition) is 3. The van der Waals surface area contributed by atoms with Gasteiger partial charge in [0.15, 0.2) is 0 Å². The summed E-state index contributed by atoms with van der Waals surface area (Å²) in [7, 11) is 0. The lowest BCUT2D eigenvalue weighted by Crippen LogP contribution is -2.43. The van der Waals surface area contributed by atoms with Crippen molar-refractivity contribution in [1.29, 1.82) is 0 Å². The van der Waals surface area contributed by atoms with Gasteiger partial charge in [-0.25, -0.2) is 0 Å². The van der Waals surface area contributed by atoms with Gasteiger partial charge in [-0.2, -0.15) is 0 Å². The van der Waals surface area contributed by atoms with Gasteiger partial charge in [-0.05, 0) is 19.8 Å². The fourth-order valence-corrected chi connectivity index (χ4v) is 2.20. The Morgan fingerprint density at radius 3 is 2.93 bits per heavy atom. The van der Waals surface area contributed by atoms with Crippen LogP contribution < -0.4 is 11.1 Å². The topological polar surface area (TPSA) is 64.3 Å². The van der Waals surface area contributed by atoms with Crippen molar-refractivity contribution < 1.29 is 9.53 Å². The molecule has 86 valence electrons. The number of nitrogens with two attached hydrogens (primary N) is 1. The van der Waals surface area contributed by atoms with Gasteiger partial charge in [0.1, 0.15) is 6.61 Å². The highest BCUT2D eigenvalue weighted by Crippen LogP contribution is 2.25. The maximum absolute atomic E-state index is 11.4. The van der Waals surface area contributed by atoms with Gasteiger partial charge < -0.3 is 15.8 Å². The zero-order valence-electron chi connectivity index (χ0n) is 8.99. The second kappa shape index (κ2) is 6.02. The summed E-state index contributed by atoms with van der Waals surface area (Å²) in [6.07, 6.45) is 3.01. The van der Waals surface area contributed by atoms with Gasteiger partial charge in [0.05, 0.1) is 4.99 Å². The van der Waals surface area contributed by atoms with Crippen LogP contribution in [0.5, 0.6) is 0 Å². The lowest BCUT2D eigenvalue weighted by molar-refractivity contribution is -0.126. The zero-order chi connectivity index (χ0) is 11.3. The van der Waals surface area contributed by atoms with E-state index in [-0.39, 0.29) is 24.5 Å². The van der Waals surface area contributed by atoms with Gasteiger partial charge in [0, 0.05) is 18.6 Å². The molecule has 0 spiro atoms. The Kier molecular flexibility index (Phi) is 4.98. The standard InChI is InChI=1S/C10H18N2O2S/c1-2-14-6-9(13)12-8-5-3-4-7(8)10(11)15/h7-8H,2-6H2,1H3,(H2,11,15)(H,12,13). The first-order valence-electron chi connectivity index (χ1n) is 5.31. The first-order chi connectivity index (χ1) is 7.15. The summed E-state index contributed by atoms with van der Waals surface area (Å²) < 4.78 is 5.03. The van der Waals surface area contributed by atoms with E-state index < -0.39 is 0 Å². The Morgan fingerprint density at radius 1 is 1.60 bits per heavy atom. The predicted molar refractivity (Wildman–Crippen MR) is 62.6 cm³/mol. The van der Waals surface area contributed by atoms with Crippen molar-refractivity contribution in [1.82, 2.24) is 5.32 Å². The monoisotopic (exact) mass is 230 g/mol. The third-order valence-corrected chi connectivity index (χ3v) is 2.97. The second-order valence-corrected chi connectivity index (χ2v) is 4.22. The van der Waals surface area contributed by atoms with Crippen molar-refractivity contribution in [2.45, 2.75) is 32.2 Å². The lowest BCUT2D eigenvalue weighted by atomic mass is 10.0. The molecule has 0 aromatic heterocycles. The van der Waals surface area contributed by atoms with Crippen LogP contribution in [-0.4, -0.2) is 30.2 Å². The van der Waals surface area contributed by atoms with E-state index in [0.29, 0.717) is 11.6 Å². The summed E-state index contributed by atoms with van der Waals surface area (Å²) in [6.45, 7) is 2.54.